The van der Waals surface area contributed by atoms with Crippen LogP contribution in [0.1, 0.15) is 53.9 Å². The number of carbonyl (C=O) groups is 2. The Kier molecular flexibility index (Phi) is 5.77. The van der Waals surface area contributed by atoms with E-state index in [4.69, 9.17) is 4.74 Å². The van der Waals surface area contributed by atoms with Crippen LogP contribution >= 0.6 is 11.3 Å². The maximum Gasteiger partial charge on any atom is 0.341 e. The van der Waals surface area contributed by atoms with Gasteiger partial charge >= 0.3 is 5.97 Å². The van der Waals surface area contributed by atoms with Gasteiger partial charge in [-0.1, -0.05) is 13.0 Å². The highest BCUT2D eigenvalue weighted by Gasteiger charge is 2.28. The third-order valence-corrected chi connectivity index (χ3v) is 4.99. The first kappa shape index (κ1) is 16.7. The van der Waals surface area contributed by atoms with Crippen molar-refractivity contribution in [3.63, 3.8) is 0 Å². The number of esters is 1. The zero-order chi connectivity index (χ0) is 16.1. The first-order valence-electron chi connectivity index (χ1n) is 7.79. The average Bonchev–Trinajstić information content (AvgIpc) is 2.82. The Morgan fingerprint density at radius 2 is 2.27 bits per heavy atom. The molecule has 120 valence electrons. The molecule has 1 aromatic heterocycles. The second-order valence-corrected chi connectivity index (χ2v) is 6.76. The van der Waals surface area contributed by atoms with Crippen LogP contribution in [0.15, 0.2) is 12.7 Å². The number of ether oxygens (including phenoxy) is 1. The van der Waals surface area contributed by atoms with Gasteiger partial charge in [-0.25, -0.2) is 4.79 Å². The van der Waals surface area contributed by atoms with Crippen LogP contribution in [0.25, 0.3) is 0 Å². The van der Waals surface area contributed by atoms with Crippen LogP contribution in [0, 0.1) is 5.92 Å². The van der Waals surface area contributed by atoms with Crippen molar-refractivity contribution in [2.75, 3.05) is 11.9 Å². The van der Waals surface area contributed by atoms with Crippen molar-refractivity contribution >= 4 is 28.2 Å². The zero-order valence-corrected chi connectivity index (χ0v) is 14.1. The highest BCUT2D eigenvalue weighted by molar-refractivity contribution is 7.17. The summed E-state index contributed by atoms with van der Waals surface area (Å²) < 4.78 is 5.18. The molecule has 2 rings (SSSR count). The number of nitrogens with one attached hydrogen (secondary N) is 1. The Balaban J connectivity index is 2.29. The molecule has 0 bridgehead atoms. The summed E-state index contributed by atoms with van der Waals surface area (Å²) in [5.41, 5.74) is 1.64. The molecule has 0 unspecified atom stereocenters. The van der Waals surface area contributed by atoms with Gasteiger partial charge in [0.1, 0.15) is 5.00 Å². The summed E-state index contributed by atoms with van der Waals surface area (Å²) >= 11 is 1.52. The van der Waals surface area contributed by atoms with Crippen molar-refractivity contribution in [3.05, 3.63) is 28.7 Å². The molecule has 1 aliphatic carbocycles. The van der Waals surface area contributed by atoms with Crippen LogP contribution < -0.4 is 5.32 Å². The lowest BCUT2D eigenvalue weighted by molar-refractivity contribution is -0.116. The summed E-state index contributed by atoms with van der Waals surface area (Å²) in [5.74, 6) is 0.205. The van der Waals surface area contributed by atoms with E-state index in [2.05, 4.69) is 18.8 Å². The summed E-state index contributed by atoms with van der Waals surface area (Å²) in [6.45, 7) is 7.97. The summed E-state index contributed by atoms with van der Waals surface area (Å²) in [6.07, 6.45) is 5.64. The van der Waals surface area contributed by atoms with Crippen molar-refractivity contribution in [3.8, 4) is 0 Å². The van der Waals surface area contributed by atoms with E-state index in [9.17, 15) is 9.59 Å². The molecule has 1 aromatic rings. The van der Waals surface area contributed by atoms with Gasteiger partial charge in [-0.05, 0) is 44.1 Å². The van der Waals surface area contributed by atoms with E-state index >= 15 is 0 Å². The molecule has 5 heteroatoms. The van der Waals surface area contributed by atoms with Gasteiger partial charge in [0, 0.05) is 11.3 Å². The molecule has 1 amide bonds. The number of rotatable bonds is 6. The molecule has 22 heavy (non-hydrogen) atoms. The van der Waals surface area contributed by atoms with Crippen LogP contribution in [-0.4, -0.2) is 18.5 Å². The quantitative estimate of drug-likeness (QED) is 0.637. The Morgan fingerprint density at radius 1 is 1.50 bits per heavy atom. The summed E-state index contributed by atoms with van der Waals surface area (Å²) in [5, 5.41) is 3.53. The standard InChI is InChI=1S/C17H23NO3S/c1-4-6-7-14(19)18-16-15(17(20)21-5-2)12-9-8-11(3)10-13(12)22-16/h4,11H,1,5-10H2,2-3H3,(H,18,19)/t11-/m1/s1. The number of hydrogen-bond donors (Lipinski definition) is 1. The molecule has 1 N–H and O–H groups in total. The first-order valence-corrected chi connectivity index (χ1v) is 8.60. The molecule has 0 radical (unpaired) electrons. The Morgan fingerprint density at radius 3 is 2.95 bits per heavy atom. The van der Waals surface area contributed by atoms with Gasteiger partial charge in [-0.2, -0.15) is 0 Å². The summed E-state index contributed by atoms with van der Waals surface area (Å²) in [6, 6.07) is 0. The zero-order valence-electron chi connectivity index (χ0n) is 13.2. The molecule has 0 fully saturated rings. The van der Waals surface area contributed by atoms with Gasteiger partial charge in [0.05, 0.1) is 12.2 Å². The van der Waals surface area contributed by atoms with Crippen LogP contribution in [0.5, 0.6) is 0 Å². The summed E-state index contributed by atoms with van der Waals surface area (Å²) in [4.78, 5) is 25.5. The lowest BCUT2D eigenvalue weighted by atomic mass is 9.88. The first-order chi connectivity index (χ1) is 10.6. The molecule has 1 atom stereocenters. The van der Waals surface area contributed by atoms with E-state index < -0.39 is 0 Å². The topological polar surface area (TPSA) is 55.4 Å². The number of anilines is 1. The molecule has 1 aliphatic rings. The third kappa shape index (κ3) is 3.77. The van der Waals surface area contributed by atoms with Gasteiger partial charge < -0.3 is 10.1 Å². The largest absolute Gasteiger partial charge is 0.462 e. The van der Waals surface area contributed by atoms with Crippen LogP contribution in [-0.2, 0) is 22.4 Å². The second kappa shape index (κ2) is 7.58. The Labute approximate surface area is 135 Å². The highest BCUT2D eigenvalue weighted by Crippen LogP contribution is 2.40. The number of thiophene rings is 1. The Bertz CT molecular complexity index is 577. The fourth-order valence-electron chi connectivity index (χ4n) is 2.68. The predicted molar refractivity (Wildman–Crippen MR) is 89.5 cm³/mol. The summed E-state index contributed by atoms with van der Waals surface area (Å²) in [7, 11) is 0. The van der Waals surface area contributed by atoms with Gasteiger partial charge in [0.15, 0.2) is 0 Å². The monoisotopic (exact) mass is 321 g/mol. The van der Waals surface area contributed by atoms with E-state index in [1.54, 1.807) is 13.0 Å². The van der Waals surface area contributed by atoms with Crippen molar-refractivity contribution in [2.24, 2.45) is 5.92 Å². The third-order valence-electron chi connectivity index (χ3n) is 3.82. The molecule has 0 saturated carbocycles. The van der Waals surface area contributed by atoms with Crippen molar-refractivity contribution in [1.29, 1.82) is 0 Å². The fraction of sp³-hybridized carbons (Fsp3) is 0.529. The smallest absolute Gasteiger partial charge is 0.341 e. The Hall–Kier alpha value is -1.62. The lowest BCUT2D eigenvalue weighted by Crippen LogP contribution is -2.16. The van der Waals surface area contributed by atoms with Crippen LogP contribution in [0.3, 0.4) is 0 Å². The van der Waals surface area contributed by atoms with Gasteiger partial charge in [-0.3, -0.25) is 4.79 Å². The molecule has 0 saturated heterocycles. The second-order valence-electron chi connectivity index (χ2n) is 5.65. The molecule has 0 spiro atoms. The predicted octanol–water partition coefficient (Wildman–Crippen LogP) is 3.95. The lowest BCUT2D eigenvalue weighted by Gasteiger charge is -2.18. The average molecular weight is 321 g/mol. The number of amides is 1. The molecule has 0 aromatic carbocycles. The van der Waals surface area contributed by atoms with Gasteiger partial charge in [-0.15, -0.1) is 17.9 Å². The van der Waals surface area contributed by atoms with E-state index in [1.165, 1.54) is 16.2 Å². The van der Waals surface area contributed by atoms with Crippen LogP contribution in [0.2, 0.25) is 0 Å². The van der Waals surface area contributed by atoms with Crippen LogP contribution in [0.4, 0.5) is 5.00 Å². The van der Waals surface area contributed by atoms with Gasteiger partial charge in [0.2, 0.25) is 5.91 Å². The molecule has 1 heterocycles. The normalized spacial score (nSPS) is 16.7. The molecule has 0 aliphatic heterocycles. The minimum absolute atomic E-state index is 0.0860. The maximum absolute atomic E-state index is 12.3. The van der Waals surface area contributed by atoms with Crippen molar-refractivity contribution in [2.45, 2.75) is 46.0 Å². The van der Waals surface area contributed by atoms with E-state index in [0.29, 0.717) is 35.9 Å². The fourth-order valence-corrected chi connectivity index (χ4v) is 4.10. The number of hydrogen-bond acceptors (Lipinski definition) is 4. The van der Waals surface area contributed by atoms with Crippen molar-refractivity contribution < 1.29 is 14.3 Å². The minimum Gasteiger partial charge on any atom is -0.462 e. The molecular weight excluding hydrogens is 298 g/mol. The number of carbonyl (C=O) groups excluding carboxylic acids is 2. The van der Waals surface area contributed by atoms with E-state index in [1.807, 2.05) is 0 Å². The molecular formula is C17H23NO3S. The highest BCUT2D eigenvalue weighted by atomic mass is 32.1. The number of allylic oxidation sites excluding steroid dienone is 1. The van der Waals surface area contributed by atoms with Gasteiger partial charge in [0.25, 0.3) is 0 Å². The number of fused-ring (bicyclic) bond motifs is 1. The SMILES string of the molecule is C=CCCC(=O)Nc1sc2c(c1C(=O)OCC)CC[C@@H](C)C2. The molecule has 4 nitrogen and oxygen atoms in total. The minimum atomic E-state index is -0.325. The van der Waals surface area contributed by atoms with E-state index in [0.717, 1.165) is 24.8 Å². The van der Waals surface area contributed by atoms with E-state index in [-0.39, 0.29) is 11.9 Å². The van der Waals surface area contributed by atoms with Crippen molar-refractivity contribution in [1.82, 2.24) is 0 Å². The maximum atomic E-state index is 12.3.